The quantitative estimate of drug-likeness (QED) is 0.869. The summed E-state index contributed by atoms with van der Waals surface area (Å²) in [5.74, 6) is -0.349. The molecule has 0 saturated carbocycles. The van der Waals surface area contributed by atoms with Gasteiger partial charge in [-0.25, -0.2) is 0 Å². The van der Waals surface area contributed by atoms with Crippen LogP contribution in [0.1, 0.15) is 16.7 Å². The molecule has 0 unspecified atom stereocenters. The van der Waals surface area contributed by atoms with Crippen LogP contribution in [0.3, 0.4) is 0 Å². The molecule has 0 saturated heterocycles. The van der Waals surface area contributed by atoms with Crippen molar-refractivity contribution < 1.29 is 4.79 Å². The van der Waals surface area contributed by atoms with E-state index in [1.807, 2.05) is 36.4 Å². The van der Waals surface area contributed by atoms with Gasteiger partial charge in [0.15, 0.2) is 0 Å². The minimum atomic E-state index is -0.349. The minimum absolute atomic E-state index is 0.219. The summed E-state index contributed by atoms with van der Waals surface area (Å²) in [7, 11) is 0. The van der Waals surface area contributed by atoms with Crippen molar-refractivity contribution in [3.8, 4) is 6.07 Å². The number of anilines is 1. The van der Waals surface area contributed by atoms with Gasteiger partial charge in [0, 0.05) is 12.2 Å². The molecule has 0 radical (unpaired) electrons. The fraction of sp³-hybridized carbons (Fsp3) is 0.125. The van der Waals surface area contributed by atoms with E-state index in [9.17, 15) is 4.79 Å². The Balaban J connectivity index is 2.06. The van der Waals surface area contributed by atoms with E-state index in [-0.39, 0.29) is 12.3 Å². The van der Waals surface area contributed by atoms with Crippen LogP contribution in [-0.2, 0) is 17.8 Å². The first-order valence-corrected chi connectivity index (χ1v) is 6.28. The van der Waals surface area contributed by atoms with E-state index >= 15 is 0 Å². The summed E-state index contributed by atoms with van der Waals surface area (Å²) in [6.45, 7) is 0.626. The minimum Gasteiger partial charge on any atom is -0.381 e. The molecule has 0 aliphatic carbocycles. The van der Waals surface area contributed by atoms with Gasteiger partial charge in [-0.05, 0) is 29.3 Å². The Morgan fingerprint density at radius 1 is 1.15 bits per heavy atom. The second kappa shape index (κ2) is 6.39. The molecule has 0 aliphatic heterocycles. The zero-order chi connectivity index (χ0) is 14.4. The van der Waals surface area contributed by atoms with Crippen LogP contribution in [0.5, 0.6) is 0 Å². The predicted molar refractivity (Wildman–Crippen MR) is 77.8 cm³/mol. The Bertz CT molecular complexity index is 642. The Kier molecular flexibility index (Phi) is 4.35. The molecule has 0 aromatic heterocycles. The summed E-state index contributed by atoms with van der Waals surface area (Å²) in [6, 6.07) is 17.1. The number of benzene rings is 2. The van der Waals surface area contributed by atoms with Gasteiger partial charge in [0.1, 0.15) is 0 Å². The van der Waals surface area contributed by atoms with Crippen LogP contribution in [0.2, 0.25) is 0 Å². The number of carbonyl (C=O) groups excluding carboxylic acids is 1. The molecule has 2 rings (SSSR count). The molecule has 3 N–H and O–H groups in total. The molecular weight excluding hydrogens is 250 g/mol. The van der Waals surface area contributed by atoms with Gasteiger partial charge in [0.05, 0.1) is 18.1 Å². The van der Waals surface area contributed by atoms with Crippen LogP contribution in [0.15, 0.2) is 48.5 Å². The average Bonchev–Trinajstić information content (AvgIpc) is 2.46. The second-order valence-electron chi connectivity index (χ2n) is 4.46. The SMILES string of the molecule is N#Cc1ccc(CNc2ccccc2CC(N)=O)cc1. The molecule has 2 aromatic rings. The molecule has 0 heterocycles. The number of amides is 1. The Morgan fingerprint density at radius 3 is 2.50 bits per heavy atom. The highest BCUT2D eigenvalue weighted by Crippen LogP contribution is 2.16. The van der Waals surface area contributed by atoms with Crippen LogP contribution in [0, 0.1) is 11.3 Å². The van der Waals surface area contributed by atoms with Gasteiger partial charge in [0.2, 0.25) is 5.91 Å². The van der Waals surface area contributed by atoms with E-state index in [1.165, 1.54) is 0 Å². The smallest absolute Gasteiger partial charge is 0.221 e. The molecule has 0 atom stereocenters. The van der Waals surface area contributed by atoms with Crippen molar-refractivity contribution in [2.24, 2.45) is 5.73 Å². The maximum Gasteiger partial charge on any atom is 0.221 e. The number of hydrogen-bond acceptors (Lipinski definition) is 3. The summed E-state index contributed by atoms with van der Waals surface area (Å²) >= 11 is 0. The van der Waals surface area contributed by atoms with Crippen molar-refractivity contribution in [1.29, 1.82) is 5.26 Å². The molecule has 0 fully saturated rings. The number of nitriles is 1. The maximum absolute atomic E-state index is 11.0. The third-order valence-corrected chi connectivity index (χ3v) is 2.95. The van der Waals surface area contributed by atoms with Crippen LogP contribution in [0.4, 0.5) is 5.69 Å². The van der Waals surface area contributed by atoms with Crippen LogP contribution in [-0.4, -0.2) is 5.91 Å². The molecule has 100 valence electrons. The van der Waals surface area contributed by atoms with Crippen molar-refractivity contribution in [1.82, 2.24) is 0 Å². The van der Waals surface area contributed by atoms with E-state index in [0.29, 0.717) is 12.1 Å². The summed E-state index contributed by atoms with van der Waals surface area (Å²) < 4.78 is 0. The highest BCUT2D eigenvalue weighted by atomic mass is 16.1. The first-order chi connectivity index (χ1) is 9.69. The fourth-order valence-electron chi connectivity index (χ4n) is 1.93. The molecule has 4 nitrogen and oxygen atoms in total. The van der Waals surface area contributed by atoms with E-state index in [0.717, 1.165) is 16.8 Å². The van der Waals surface area contributed by atoms with Crippen molar-refractivity contribution >= 4 is 11.6 Å². The topological polar surface area (TPSA) is 78.9 Å². The Hall–Kier alpha value is -2.80. The molecule has 20 heavy (non-hydrogen) atoms. The number of hydrogen-bond donors (Lipinski definition) is 2. The van der Waals surface area contributed by atoms with Gasteiger partial charge >= 0.3 is 0 Å². The van der Waals surface area contributed by atoms with E-state index in [1.54, 1.807) is 12.1 Å². The van der Waals surface area contributed by atoms with Crippen molar-refractivity contribution in [3.05, 3.63) is 65.2 Å². The lowest BCUT2D eigenvalue weighted by molar-refractivity contribution is -0.117. The number of nitrogens with one attached hydrogen (secondary N) is 1. The zero-order valence-corrected chi connectivity index (χ0v) is 11.0. The van der Waals surface area contributed by atoms with Gasteiger partial charge in [0.25, 0.3) is 0 Å². The summed E-state index contributed by atoms with van der Waals surface area (Å²) in [6.07, 6.45) is 0.219. The first-order valence-electron chi connectivity index (χ1n) is 6.28. The number of para-hydroxylation sites is 1. The molecule has 0 aliphatic rings. The van der Waals surface area contributed by atoms with Gasteiger partial charge in [-0.3, -0.25) is 4.79 Å². The van der Waals surface area contributed by atoms with Gasteiger partial charge in [-0.1, -0.05) is 30.3 Å². The molecule has 2 aromatic carbocycles. The third kappa shape index (κ3) is 3.59. The Labute approximate surface area is 117 Å². The molecule has 0 spiro atoms. The van der Waals surface area contributed by atoms with Crippen molar-refractivity contribution in [2.45, 2.75) is 13.0 Å². The lowest BCUT2D eigenvalue weighted by Crippen LogP contribution is -2.15. The van der Waals surface area contributed by atoms with Crippen LogP contribution < -0.4 is 11.1 Å². The average molecular weight is 265 g/mol. The van der Waals surface area contributed by atoms with Crippen LogP contribution in [0.25, 0.3) is 0 Å². The number of rotatable bonds is 5. The summed E-state index contributed by atoms with van der Waals surface area (Å²) in [4.78, 5) is 11.0. The van der Waals surface area contributed by atoms with E-state index in [4.69, 9.17) is 11.0 Å². The van der Waals surface area contributed by atoms with Gasteiger partial charge < -0.3 is 11.1 Å². The van der Waals surface area contributed by atoms with E-state index < -0.39 is 0 Å². The first kappa shape index (κ1) is 13.6. The number of primary amides is 1. The van der Waals surface area contributed by atoms with Crippen molar-refractivity contribution in [2.75, 3.05) is 5.32 Å². The molecule has 4 heteroatoms. The lowest BCUT2D eigenvalue weighted by atomic mass is 10.1. The number of carbonyl (C=O) groups is 1. The zero-order valence-electron chi connectivity index (χ0n) is 11.0. The largest absolute Gasteiger partial charge is 0.381 e. The predicted octanol–water partition coefficient (Wildman–Crippen LogP) is 2.20. The van der Waals surface area contributed by atoms with Gasteiger partial charge in [-0.15, -0.1) is 0 Å². The monoisotopic (exact) mass is 265 g/mol. The van der Waals surface area contributed by atoms with Gasteiger partial charge in [-0.2, -0.15) is 5.26 Å². The fourth-order valence-corrected chi connectivity index (χ4v) is 1.93. The standard InChI is InChI=1S/C16H15N3O/c17-10-12-5-7-13(8-6-12)11-19-15-4-2-1-3-14(15)9-16(18)20/h1-8,19H,9,11H2,(H2,18,20). The summed E-state index contributed by atoms with van der Waals surface area (Å²) in [5.41, 5.74) is 8.73. The maximum atomic E-state index is 11.0. The lowest BCUT2D eigenvalue weighted by Gasteiger charge is -2.11. The Morgan fingerprint density at radius 2 is 1.85 bits per heavy atom. The molecule has 1 amide bonds. The third-order valence-electron chi connectivity index (χ3n) is 2.95. The molecular formula is C16H15N3O. The normalized spacial score (nSPS) is 9.75. The van der Waals surface area contributed by atoms with Crippen LogP contribution >= 0.6 is 0 Å². The highest BCUT2D eigenvalue weighted by molar-refractivity contribution is 5.78. The highest BCUT2D eigenvalue weighted by Gasteiger charge is 2.04. The second-order valence-corrected chi connectivity index (χ2v) is 4.46. The molecule has 0 bridgehead atoms. The number of nitrogens with two attached hydrogens (primary N) is 1. The van der Waals surface area contributed by atoms with E-state index in [2.05, 4.69) is 11.4 Å². The van der Waals surface area contributed by atoms with Crippen molar-refractivity contribution in [3.63, 3.8) is 0 Å². The number of nitrogens with zero attached hydrogens (tertiary/aromatic N) is 1. The summed E-state index contributed by atoms with van der Waals surface area (Å²) in [5, 5.41) is 12.0.